The zero-order chi connectivity index (χ0) is 15.1. The van der Waals surface area contributed by atoms with Gasteiger partial charge in [-0.2, -0.15) is 0 Å². The molecule has 1 fully saturated rings. The van der Waals surface area contributed by atoms with E-state index in [-0.39, 0.29) is 5.54 Å². The van der Waals surface area contributed by atoms with Crippen molar-refractivity contribution in [1.29, 1.82) is 0 Å². The molecule has 0 radical (unpaired) electrons. The summed E-state index contributed by atoms with van der Waals surface area (Å²) in [5.74, 6) is 0.663. The van der Waals surface area contributed by atoms with E-state index in [0.717, 1.165) is 6.54 Å². The van der Waals surface area contributed by atoms with E-state index >= 15 is 0 Å². The van der Waals surface area contributed by atoms with Crippen LogP contribution in [0.25, 0.3) is 0 Å². The third-order valence-corrected chi connectivity index (χ3v) is 5.90. The van der Waals surface area contributed by atoms with Gasteiger partial charge >= 0.3 is 0 Å². The van der Waals surface area contributed by atoms with E-state index in [1.807, 2.05) is 0 Å². The van der Waals surface area contributed by atoms with Gasteiger partial charge in [-0.05, 0) is 50.0 Å². The Balaban J connectivity index is 2.99. The van der Waals surface area contributed by atoms with Gasteiger partial charge in [-0.25, -0.2) is 0 Å². The maximum atomic E-state index is 6.26. The van der Waals surface area contributed by atoms with Gasteiger partial charge in [0.2, 0.25) is 0 Å². The Kier molecular flexibility index (Phi) is 4.79. The van der Waals surface area contributed by atoms with Crippen molar-refractivity contribution in [2.75, 3.05) is 13.6 Å². The summed E-state index contributed by atoms with van der Waals surface area (Å²) >= 11 is 0. The van der Waals surface area contributed by atoms with Gasteiger partial charge in [-0.1, -0.05) is 41.5 Å². The molecule has 1 aliphatic rings. The van der Waals surface area contributed by atoms with E-state index in [9.17, 15) is 0 Å². The summed E-state index contributed by atoms with van der Waals surface area (Å²) in [5, 5.41) is 0. The van der Waals surface area contributed by atoms with Gasteiger partial charge in [0, 0.05) is 18.1 Å². The van der Waals surface area contributed by atoms with Gasteiger partial charge < -0.3 is 5.73 Å². The van der Waals surface area contributed by atoms with E-state index in [0.29, 0.717) is 22.8 Å². The van der Waals surface area contributed by atoms with Crippen molar-refractivity contribution in [2.24, 2.45) is 22.5 Å². The zero-order valence-electron chi connectivity index (χ0n) is 14.5. The number of hydrogen-bond acceptors (Lipinski definition) is 2. The second-order valence-electron chi connectivity index (χ2n) is 8.73. The Hall–Kier alpha value is -0.0800. The van der Waals surface area contributed by atoms with Crippen molar-refractivity contribution in [3.63, 3.8) is 0 Å². The molecule has 3 atom stereocenters. The summed E-state index contributed by atoms with van der Waals surface area (Å²) in [5.41, 5.74) is 7.21. The highest BCUT2D eigenvalue weighted by atomic mass is 15.2. The molecule has 19 heavy (non-hydrogen) atoms. The normalized spacial score (nSPS) is 33.5. The van der Waals surface area contributed by atoms with Crippen LogP contribution in [0.2, 0.25) is 0 Å². The Morgan fingerprint density at radius 2 is 1.79 bits per heavy atom. The Morgan fingerprint density at radius 3 is 2.16 bits per heavy atom. The molecule has 3 unspecified atom stereocenters. The van der Waals surface area contributed by atoms with E-state index < -0.39 is 0 Å². The van der Waals surface area contributed by atoms with Crippen LogP contribution in [0.1, 0.15) is 67.7 Å². The molecule has 0 aromatic heterocycles. The quantitative estimate of drug-likeness (QED) is 0.841. The highest BCUT2D eigenvalue weighted by molar-refractivity contribution is 5.03. The van der Waals surface area contributed by atoms with E-state index in [1.165, 1.54) is 19.3 Å². The molecule has 0 amide bonds. The van der Waals surface area contributed by atoms with Crippen LogP contribution in [-0.4, -0.2) is 30.1 Å². The molecule has 114 valence electrons. The fraction of sp³-hybridized carbons (Fsp3) is 1.00. The van der Waals surface area contributed by atoms with Gasteiger partial charge in [0.15, 0.2) is 0 Å². The van der Waals surface area contributed by atoms with Gasteiger partial charge in [0.1, 0.15) is 0 Å². The van der Waals surface area contributed by atoms with Crippen molar-refractivity contribution in [3.8, 4) is 0 Å². The molecule has 0 heterocycles. The summed E-state index contributed by atoms with van der Waals surface area (Å²) in [6.07, 6.45) is 3.80. The molecule has 2 nitrogen and oxygen atoms in total. The molecule has 0 aromatic carbocycles. The van der Waals surface area contributed by atoms with E-state index in [1.54, 1.807) is 0 Å². The van der Waals surface area contributed by atoms with Crippen molar-refractivity contribution in [1.82, 2.24) is 4.90 Å². The first-order chi connectivity index (χ1) is 8.46. The third-order valence-electron chi connectivity index (χ3n) is 5.90. The second-order valence-corrected chi connectivity index (χ2v) is 8.73. The Bertz CT molecular complexity index is 303. The number of hydrogen-bond donors (Lipinski definition) is 1. The van der Waals surface area contributed by atoms with E-state index in [4.69, 9.17) is 5.73 Å². The maximum Gasteiger partial charge on any atom is 0.0357 e. The van der Waals surface area contributed by atoms with Crippen LogP contribution in [0.15, 0.2) is 0 Å². The number of nitrogens with two attached hydrogens (primary N) is 1. The standard InChI is InChI=1S/C17H36N2/c1-13-11-16(6,7)9-10-17(13,12-18)19(8)14(2)15(3,4)5/h13-14H,9-12,18H2,1-8H3. The van der Waals surface area contributed by atoms with E-state index in [2.05, 4.69) is 60.4 Å². The van der Waals surface area contributed by atoms with Crippen LogP contribution in [0.4, 0.5) is 0 Å². The van der Waals surface area contributed by atoms with Gasteiger partial charge in [0.05, 0.1) is 0 Å². The third kappa shape index (κ3) is 3.33. The topological polar surface area (TPSA) is 29.3 Å². The highest BCUT2D eigenvalue weighted by Crippen LogP contribution is 2.47. The predicted octanol–water partition coefficient (Wildman–Crippen LogP) is 3.90. The lowest BCUT2D eigenvalue weighted by Crippen LogP contribution is -2.63. The molecule has 2 heteroatoms. The summed E-state index contributed by atoms with van der Waals surface area (Å²) in [6.45, 7) is 17.3. The first-order valence-electron chi connectivity index (χ1n) is 7.89. The molecule has 2 N–H and O–H groups in total. The number of likely N-dealkylation sites (N-methyl/N-ethyl adjacent to an activating group) is 1. The molecule has 1 rings (SSSR count). The molecule has 0 aliphatic heterocycles. The van der Waals surface area contributed by atoms with Crippen LogP contribution >= 0.6 is 0 Å². The summed E-state index contributed by atoms with van der Waals surface area (Å²) in [6, 6.07) is 0.541. The van der Waals surface area contributed by atoms with Crippen molar-refractivity contribution in [3.05, 3.63) is 0 Å². The molecule has 1 aliphatic carbocycles. The lowest BCUT2D eigenvalue weighted by molar-refractivity contribution is -0.0499. The molecule has 1 saturated carbocycles. The SMILES string of the molecule is CC(N(C)C1(CN)CCC(C)(C)CC1C)C(C)(C)C. The van der Waals surface area contributed by atoms with Crippen molar-refractivity contribution < 1.29 is 0 Å². The van der Waals surface area contributed by atoms with Crippen LogP contribution in [0.3, 0.4) is 0 Å². The molecule has 0 bridgehead atoms. The van der Waals surface area contributed by atoms with Gasteiger partial charge in [-0.15, -0.1) is 0 Å². The molecular formula is C17H36N2. The minimum absolute atomic E-state index is 0.183. The average molecular weight is 268 g/mol. The van der Waals surface area contributed by atoms with Crippen LogP contribution in [-0.2, 0) is 0 Å². The lowest BCUT2D eigenvalue weighted by Gasteiger charge is -2.56. The predicted molar refractivity (Wildman–Crippen MR) is 85.3 cm³/mol. The minimum Gasteiger partial charge on any atom is -0.329 e. The summed E-state index contributed by atoms with van der Waals surface area (Å²) in [7, 11) is 2.29. The van der Waals surface area contributed by atoms with Crippen molar-refractivity contribution in [2.45, 2.75) is 79.3 Å². The first kappa shape index (κ1) is 17.0. The van der Waals surface area contributed by atoms with Gasteiger partial charge in [0.25, 0.3) is 0 Å². The summed E-state index contributed by atoms with van der Waals surface area (Å²) in [4.78, 5) is 2.59. The van der Waals surface area contributed by atoms with Gasteiger partial charge in [-0.3, -0.25) is 4.90 Å². The number of rotatable bonds is 3. The smallest absolute Gasteiger partial charge is 0.0357 e. The first-order valence-corrected chi connectivity index (χ1v) is 7.89. The fourth-order valence-corrected chi connectivity index (χ4v) is 3.86. The zero-order valence-corrected chi connectivity index (χ0v) is 14.5. The summed E-state index contributed by atoms with van der Waals surface area (Å²) < 4.78 is 0. The van der Waals surface area contributed by atoms with Crippen LogP contribution in [0, 0.1) is 16.7 Å². The van der Waals surface area contributed by atoms with Crippen LogP contribution in [0.5, 0.6) is 0 Å². The molecular weight excluding hydrogens is 232 g/mol. The largest absolute Gasteiger partial charge is 0.329 e. The monoisotopic (exact) mass is 268 g/mol. The average Bonchev–Trinajstić information content (AvgIpc) is 2.26. The Labute approximate surface area is 121 Å². The van der Waals surface area contributed by atoms with Crippen LogP contribution < -0.4 is 5.73 Å². The minimum atomic E-state index is 0.183. The van der Waals surface area contributed by atoms with Crippen molar-refractivity contribution >= 4 is 0 Å². The lowest BCUT2D eigenvalue weighted by atomic mass is 9.62. The maximum absolute atomic E-state index is 6.26. The molecule has 0 spiro atoms. The highest BCUT2D eigenvalue weighted by Gasteiger charge is 2.47. The Morgan fingerprint density at radius 1 is 1.26 bits per heavy atom. The molecule has 0 saturated heterocycles. The fourth-order valence-electron chi connectivity index (χ4n) is 3.86. The molecule has 0 aromatic rings. The second kappa shape index (κ2) is 5.37. The number of nitrogens with zero attached hydrogens (tertiary/aromatic N) is 1.